The first-order chi connectivity index (χ1) is 19.5. The molecule has 0 radical (unpaired) electrons. The maximum absolute atomic E-state index is 13.2. The van der Waals surface area contributed by atoms with Gasteiger partial charge in [-0.15, -0.1) is 11.3 Å². The molecule has 10 heteroatoms. The van der Waals surface area contributed by atoms with Crippen LogP contribution in [0.5, 0.6) is 5.75 Å². The summed E-state index contributed by atoms with van der Waals surface area (Å²) in [7, 11) is 0. The predicted octanol–water partition coefficient (Wildman–Crippen LogP) is 4.16. The van der Waals surface area contributed by atoms with Crippen LogP contribution >= 0.6 is 11.3 Å². The van der Waals surface area contributed by atoms with Crippen molar-refractivity contribution in [1.82, 2.24) is 15.2 Å². The Labute approximate surface area is 238 Å². The highest BCUT2D eigenvalue weighted by Gasteiger charge is 2.30. The number of thiazole rings is 1. The number of nitrogens with one attached hydrogen (secondary N) is 1. The lowest BCUT2D eigenvalue weighted by atomic mass is 10.1. The van der Waals surface area contributed by atoms with Crippen molar-refractivity contribution in [2.24, 2.45) is 5.10 Å². The Morgan fingerprint density at radius 2 is 1.93 bits per heavy atom. The second kappa shape index (κ2) is 13.0. The Morgan fingerprint density at radius 3 is 2.70 bits per heavy atom. The van der Waals surface area contributed by atoms with E-state index in [1.165, 1.54) is 16.3 Å². The fourth-order valence-electron chi connectivity index (χ4n) is 4.60. The van der Waals surface area contributed by atoms with Crippen LogP contribution in [0, 0.1) is 0 Å². The highest BCUT2D eigenvalue weighted by Crippen LogP contribution is 2.31. The van der Waals surface area contributed by atoms with E-state index in [9.17, 15) is 9.59 Å². The van der Waals surface area contributed by atoms with Crippen LogP contribution in [0.15, 0.2) is 70.7 Å². The summed E-state index contributed by atoms with van der Waals surface area (Å²) in [4.78, 5) is 32.7. The Hall–Kier alpha value is -3.86. The number of hydrogen-bond acceptors (Lipinski definition) is 8. The van der Waals surface area contributed by atoms with E-state index in [4.69, 9.17) is 9.47 Å². The number of aromatic nitrogens is 1. The smallest absolute Gasteiger partial charge is 0.282 e. The highest BCUT2D eigenvalue weighted by molar-refractivity contribution is 7.14. The summed E-state index contributed by atoms with van der Waals surface area (Å²) in [5.74, 6) is 0.519. The Balaban J connectivity index is 1.20. The number of anilines is 1. The van der Waals surface area contributed by atoms with Crippen molar-refractivity contribution in [2.75, 3.05) is 51.0 Å². The van der Waals surface area contributed by atoms with Gasteiger partial charge in [-0.2, -0.15) is 10.1 Å². The minimum Gasteiger partial charge on any atom is -0.494 e. The molecule has 2 aromatic carbocycles. The largest absolute Gasteiger partial charge is 0.494 e. The van der Waals surface area contributed by atoms with Gasteiger partial charge in [-0.25, -0.2) is 4.98 Å². The van der Waals surface area contributed by atoms with Gasteiger partial charge in [-0.3, -0.25) is 14.5 Å². The average Bonchev–Trinajstić information content (AvgIpc) is 3.58. The van der Waals surface area contributed by atoms with E-state index >= 15 is 0 Å². The number of ether oxygens (including phenoxy) is 2. The van der Waals surface area contributed by atoms with Gasteiger partial charge in [0.25, 0.3) is 11.8 Å². The van der Waals surface area contributed by atoms with Crippen LogP contribution in [0.4, 0.5) is 5.13 Å². The number of benzene rings is 2. The Bertz CT molecular complexity index is 1410. The molecule has 2 amide bonds. The maximum Gasteiger partial charge on any atom is 0.282 e. The fraction of sp³-hybridized carbons (Fsp3) is 0.333. The normalized spacial score (nSPS) is 16.9. The van der Waals surface area contributed by atoms with Crippen molar-refractivity contribution < 1.29 is 19.1 Å². The standard InChI is InChI=1S/C30H33N5O4S/c1-3-39-27-7-5-4-6-23(27)12-13-25-21(2)33-35(29(25)37)30-32-26(20-40-30)22-8-10-24(11-9-22)28(36)31-14-15-34-16-18-38-19-17-34/h4-11,13,20H,3,12,14-19H2,1-2H3,(H,31,36)/b25-13+. The quantitative estimate of drug-likeness (QED) is 0.375. The number of carbonyl (C=O) groups is 2. The third-order valence-corrected chi connectivity index (χ3v) is 7.61. The molecular weight excluding hydrogens is 526 g/mol. The van der Waals surface area contributed by atoms with Crippen LogP contribution in [0.1, 0.15) is 29.8 Å². The van der Waals surface area contributed by atoms with Crippen molar-refractivity contribution >= 4 is 34.0 Å². The van der Waals surface area contributed by atoms with Crippen LogP contribution in [-0.2, 0) is 16.0 Å². The van der Waals surface area contributed by atoms with Gasteiger partial charge in [0.15, 0.2) is 0 Å². The van der Waals surface area contributed by atoms with E-state index in [-0.39, 0.29) is 11.8 Å². The van der Waals surface area contributed by atoms with Gasteiger partial charge in [0, 0.05) is 42.7 Å². The lowest BCUT2D eigenvalue weighted by Crippen LogP contribution is -2.41. The van der Waals surface area contributed by atoms with E-state index in [1.54, 1.807) is 12.1 Å². The lowest BCUT2D eigenvalue weighted by molar-refractivity contribution is -0.114. The second-order valence-electron chi connectivity index (χ2n) is 9.47. The summed E-state index contributed by atoms with van der Waals surface area (Å²) >= 11 is 1.35. The number of amides is 2. The number of hydrogen-bond donors (Lipinski definition) is 1. The van der Waals surface area contributed by atoms with Crippen molar-refractivity contribution in [2.45, 2.75) is 20.3 Å². The van der Waals surface area contributed by atoms with E-state index in [0.717, 1.165) is 55.4 Å². The molecule has 0 unspecified atom stereocenters. The van der Waals surface area contributed by atoms with E-state index in [0.29, 0.717) is 41.6 Å². The topological polar surface area (TPSA) is 96.4 Å². The molecule has 1 N–H and O–H groups in total. The molecular formula is C30H33N5O4S. The molecule has 3 heterocycles. The molecule has 0 aliphatic carbocycles. The number of para-hydroxylation sites is 1. The molecule has 5 rings (SSSR count). The van der Waals surface area contributed by atoms with Crippen LogP contribution in [0.25, 0.3) is 11.3 Å². The highest BCUT2D eigenvalue weighted by atomic mass is 32.1. The molecule has 0 bridgehead atoms. The zero-order chi connectivity index (χ0) is 27.9. The molecule has 0 spiro atoms. The van der Waals surface area contributed by atoms with E-state index in [2.05, 4.69) is 20.3 Å². The summed E-state index contributed by atoms with van der Waals surface area (Å²) in [6.45, 7) is 9.05. The first-order valence-corrected chi connectivity index (χ1v) is 14.4. The molecule has 0 saturated carbocycles. The van der Waals surface area contributed by atoms with Gasteiger partial charge in [0.2, 0.25) is 5.13 Å². The molecule has 208 valence electrons. The van der Waals surface area contributed by atoms with Crippen molar-refractivity contribution in [3.8, 4) is 17.0 Å². The summed E-state index contributed by atoms with van der Waals surface area (Å²) in [5.41, 5.74) is 4.41. The molecule has 0 atom stereocenters. The zero-order valence-electron chi connectivity index (χ0n) is 22.8. The predicted molar refractivity (Wildman–Crippen MR) is 157 cm³/mol. The van der Waals surface area contributed by atoms with Gasteiger partial charge in [-0.1, -0.05) is 36.4 Å². The van der Waals surface area contributed by atoms with Crippen molar-refractivity contribution in [3.63, 3.8) is 0 Å². The van der Waals surface area contributed by atoms with E-state index < -0.39 is 0 Å². The molecule has 2 aliphatic heterocycles. The van der Waals surface area contributed by atoms with E-state index in [1.807, 2.05) is 61.7 Å². The summed E-state index contributed by atoms with van der Waals surface area (Å²) in [5, 5.41) is 11.2. The fourth-order valence-corrected chi connectivity index (χ4v) is 5.38. The summed E-state index contributed by atoms with van der Waals surface area (Å²) in [6.07, 6.45) is 2.46. The van der Waals surface area contributed by atoms with Crippen LogP contribution < -0.4 is 15.1 Å². The minimum atomic E-state index is -0.198. The third-order valence-electron chi connectivity index (χ3n) is 6.79. The molecule has 3 aromatic rings. The Morgan fingerprint density at radius 1 is 1.15 bits per heavy atom. The summed E-state index contributed by atoms with van der Waals surface area (Å²) in [6, 6.07) is 15.2. The molecule has 1 saturated heterocycles. The molecule has 2 aliphatic rings. The second-order valence-corrected chi connectivity index (χ2v) is 10.3. The van der Waals surface area contributed by atoms with Gasteiger partial charge in [-0.05, 0) is 44.0 Å². The van der Waals surface area contributed by atoms with Crippen molar-refractivity contribution in [3.05, 3.63) is 76.7 Å². The van der Waals surface area contributed by atoms with Gasteiger partial charge in [0.05, 0.1) is 36.8 Å². The first-order valence-electron chi connectivity index (χ1n) is 13.5. The number of rotatable bonds is 10. The monoisotopic (exact) mass is 559 g/mol. The first kappa shape index (κ1) is 27.7. The van der Waals surface area contributed by atoms with Gasteiger partial charge >= 0.3 is 0 Å². The minimum absolute atomic E-state index is 0.102. The lowest BCUT2D eigenvalue weighted by Gasteiger charge is -2.26. The molecule has 1 aromatic heterocycles. The van der Waals surface area contributed by atoms with Gasteiger partial charge < -0.3 is 14.8 Å². The number of carbonyl (C=O) groups excluding carboxylic acids is 2. The number of morpholine rings is 1. The maximum atomic E-state index is 13.2. The van der Waals surface area contributed by atoms with Gasteiger partial charge in [0.1, 0.15) is 5.75 Å². The molecule has 40 heavy (non-hydrogen) atoms. The van der Waals surface area contributed by atoms with Crippen LogP contribution in [0.2, 0.25) is 0 Å². The number of allylic oxidation sites excluding steroid dienone is 1. The molecule has 1 fully saturated rings. The van der Waals surface area contributed by atoms with Crippen molar-refractivity contribution in [1.29, 1.82) is 0 Å². The summed E-state index contributed by atoms with van der Waals surface area (Å²) < 4.78 is 11.1. The third kappa shape index (κ3) is 6.47. The average molecular weight is 560 g/mol. The zero-order valence-corrected chi connectivity index (χ0v) is 23.6. The SMILES string of the molecule is CCOc1ccccc1C/C=C1/C(=O)N(c2nc(-c3ccc(C(=O)NCCN4CCOCC4)cc3)cs2)N=C1C. The Kier molecular flexibility index (Phi) is 9.00. The van der Waals surface area contributed by atoms with Crippen LogP contribution in [0.3, 0.4) is 0 Å². The number of nitrogens with zero attached hydrogens (tertiary/aromatic N) is 4. The van der Waals surface area contributed by atoms with Crippen LogP contribution in [-0.4, -0.2) is 73.4 Å². The number of hydrazone groups is 1. The molecule has 9 nitrogen and oxygen atoms in total.